The van der Waals surface area contributed by atoms with Crippen molar-refractivity contribution >= 4 is 11.6 Å². The predicted octanol–water partition coefficient (Wildman–Crippen LogP) is 5.37. The number of rotatable bonds is 6. The van der Waals surface area contributed by atoms with Crippen molar-refractivity contribution in [3.05, 3.63) is 82.2 Å². The molecule has 0 radical (unpaired) electrons. The molecule has 1 N–H and O–H groups in total. The molecule has 0 unspecified atom stereocenters. The second-order valence-corrected chi connectivity index (χ2v) is 7.97. The molecule has 0 fully saturated rings. The molecule has 4 rings (SSSR count). The van der Waals surface area contributed by atoms with E-state index in [-0.39, 0.29) is 11.6 Å². The molecule has 0 atom stereocenters. The summed E-state index contributed by atoms with van der Waals surface area (Å²) in [6.07, 6.45) is 0. The molecule has 0 spiro atoms. The zero-order valence-corrected chi connectivity index (χ0v) is 20.1. The second-order valence-electron chi connectivity index (χ2n) is 7.97. The molecule has 1 amide bonds. The van der Waals surface area contributed by atoms with Crippen LogP contribution in [0.25, 0.3) is 5.82 Å². The van der Waals surface area contributed by atoms with Crippen molar-refractivity contribution in [1.29, 1.82) is 0 Å². The van der Waals surface area contributed by atoms with Gasteiger partial charge in [0.05, 0.1) is 18.4 Å². The lowest BCUT2D eigenvalue weighted by Gasteiger charge is -2.11. The van der Waals surface area contributed by atoms with Crippen LogP contribution >= 0.6 is 0 Å². The third-order valence-electron chi connectivity index (χ3n) is 5.57. The number of carbonyl (C=O) groups is 1. The van der Waals surface area contributed by atoms with Crippen LogP contribution in [-0.4, -0.2) is 32.8 Å². The summed E-state index contributed by atoms with van der Waals surface area (Å²) >= 11 is 0. The molecular weight excluding hydrogens is 475 g/mol. The summed E-state index contributed by atoms with van der Waals surface area (Å²) in [6.45, 7) is 7.59. The fourth-order valence-corrected chi connectivity index (χ4v) is 3.48. The Morgan fingerprint density at radius 2 is 1.67 bits per heavy atom. The number of benzene rings is 2. The van der Waals surface area contributed by atoms with Gasteiger partial charge < -0.3 is 14.8 Å². The van der Waals surface area contributed by atoms with Gasteiger partial charge in [-0.15, -0.1) is 0 Å². The van der Waals surface area contributed by atoms with Gasteiger partial charge in [-0.2, -0.15) is 14.5 Å². The Morgan fingerprint density at radius 1 is 0.972 bits per heavy atom. The number of amides is 1. The summed E-state index contributed by atoms with van der Waals surface area (Å²) < 4.78 is 53.9. The number of anilines is 1. The van der Waals surface area contributed by atoms with Gasteiger partial charge in [0.2, 0.25) is 11.7 Å². The molecule has 0 aliphatic carbocycles. The van der Waals surface area contributed by atoms with Crippen LogP contribution in [0, 0.1) is 45.1 Å². The average molecular weight is 497 g/mol. The molecule has 0 saturated carbocycles. The number of ether oxygens (including phenoxy) is 2. The standard InChI is InChI=1S/C25H22F3N5O3/c1-12-13(2)32-33(14(12)3)20-11-21(30-15(4)29-20)36-17-8-6-16(7-9-17)31-25(34)18-10-19(26)23(28)24(35-5)22(18)27/h6-11H,1-5H3,(H,31,34). The Morgan fingerprint density at radius 3 is 2.28 bits per heavy atom. The molecule has 11 heteroatoms. The summed E-state index contributed by atoms with van der Waals surface area (Å²) in [5.41, 5.74) is 2.48. The van der Waals surface area contributed by atoms with E-state index in [4.69, 9.17) is 4.74 Å². The molecular formula is C25H22F3N5O3. The molecule has 0 bridgehead atoms. The summed E-state index contributed by atoms with van der Waals surface area (Å²) in [6, 6.07) is 8.24. The van der Waals surface area contributed by atoms with Crippen LogP contribution in [0.3, 0.4) is 0 Å². The monoisotopic (exact) mass is 497 g/mol. The number of hydrogen-bond acceptors (Lipinski definition) is 6. The quantitative estimate of drug-likeness (QED) is 0.361. The molecule has 0 aliphatic rings. The van der Waals surface area contributed by atoms with E-state index in [0.717, 1.165) is 24.1 Å². The van der Waals surface area contributed by atoms with Gasteiger partial charge in [0.25, 0.3) is 5.91 Å². The largest absolute Gasteiger partial charge is 0.491 e. The van der Waals surface area contributed by atoms with Gasteiger partial charge >= 0.3 is 0 Å². The van der Waals surface area contributed by atoms with Crippen molar-refractivity contribution in [1.82, 2.24) is 19.7 Å². The third-order valence-corrected chi connectivity index (χ3v) is 5.57. The lowest BCUT2D eigenvalue weighted by molar-refractivity contribution is 0.102. The van der Waals surface area contributed by atoms with E-state index in [0.29, 0.717) is 23.5 Å². The number of carbonyl (C=O) groups excluding carboxylic acids is 1. The fourth-order valence-electron chi connectivity index (χ4n) is 3.48. The smallest absolute Gasteiger partial charge is 0.258 e. The van der Waals surface area contributed by atoms with Crippen molar-refractivity contribution in [3.63, 3.8) is 0 Å². The van der Waals surface area contributed by atoms with Crippen molar-refractivity contribution in [2.75, 3.05) is 12.4 Å². The highest BCUT2D eigenvalue weighted by Crippen LogP contribution is 2.28. The first-order valence-corrected chi connectivity index (χ1v) is 10.8. The zero-order valence-electron chi connectivity index (χ0n) is 20.1. The lowest BCUT2D eigenvalue weighted by Crippen LogP contribution is -2.15. The molecule has 36 heavy (non-hydrogen) atoms. The molecule has 8 nitrogen and oxygen atoms in total. The molecule has 0 saturated heterocycles. The SMILES string of the molecule is COc1c(F)c(F)cc(C(=O)Nc2ccc(Oc3cc(-n4nc(C)c(C)c4C)nc(C)n3)cc2)c1F. The van der Waals surface area contributed by atoms with Crippen LogP contribution < -0.4 is 14.8 Å². The first-order chi connectivity index (χ1) is 17.1. The normalized spacial score (nSPS) is 10.9. The number of halogens is 3. The molecule has 0 aliphatic heterocycles. The number of methoxy groups -OCH3 is 1. The van der Waals surface area contributed by atoms with E-state index in [2.05, 4.69) is 25.1 Å². The van der Waals surface area contributed by atoms with E-state index in [1.807, 2.05) is 20.8 Å². The second kappa shape index (κ2) is 9.68. The number of nitrogens with zero attached hydrogens (tertiary/aromatic N) is 4. The summed E-state index contributed by atoms with van der Waals surface area (Å²) in [5.74, 6) is -4.44. The van der Waals surface area contributed by atoms with E-state index in [1.165, 1.54) is 12.1 Å². The van der Waals surface area contributed by atoms with Gasteiger partial charge in [-0.25, -0.2) is 18.4 Å². The minimum Gasteiger partial charge on any atom is -0.491 e. The lowest BCUT2D eigenvalue weighted by atomic mass is 10.1. The Kier molecular flexibility index (Phi) is 6.65. The van der Waals surface area contributed by atoms with E-state index >= 15 is 0 Å². The van der Waals surface area contributed by atoms with E-state index in [9.17, 15) is 18.0 Å². The van der Waals surface area contributed by atoms with Gasteiger partial charge in [0.1, 0.15) is 11.6 Å². The van der Waals surface area contributed by atoms with Gasteiger partial charge in [-0.1, -0.05) is 0 Å². The Hall–Kier alpha value is -4.41. The van der Waals surface area contributed by atoms with Gasteiger partial charge in [-0.3, -0.25) is 4.79 Å². The molecule has 2 aromatic carbocycles. The van der Waals surface area contributed by atoms with Gasteiger partial charge in [-0.05, 0) is 63.6 Å². The van der Waals surface area contributed by atoms with Crippen LogP contribution in [0.5, 0.6) is 17.4 Å². The Balaban J connectivity index is 1.52. The topological polar surface area (TPSA) is 91.2 Å². The zero-order chi connectivity index (χ0) is 26.1. The summed E-state index contributed by atoms with van der Waals surface area (Å²) in [4.78, 5) is 21.2. The number of aromatic nitrogens is 4. The number of nitrogens with one attached hydrogen (secondary N) is 1. The maximum Gasteiger partial charge on any atom is 0.258 e. The predicted molar refractivity (Wildman–Crippen MR) is 125 cm³/mol. The van der Waals surface area contributed by atoms with Crippen LogP contribution in [0.2, 0.25) is 0 Å². The summed E-state index contributed by atoms with van der Waals surface area (Å²) in [5, 5.41) is 6.94. The van der Waals surface area contributed by atoms with Crippen LogP contribution in [0.1, 0.15) is 33.1 Å². The first kappa shape index (κ1) is 24.7. The molecule has 2 heterocycles. The maximum atomic E-state index is 14.4. The molecule has 186 valence electrons. The molecule has 2 aromatic heterocycles. The average Bonchev–Trinajstić information content (AvgIpc) is 3.10. The first-order valence-electron chi connectivity index (χ1n) is 10.8. The van der Waals surface area contributed by atoms with Crippen molar-refractivity contribution in [3.8, 4) is 23.2 Å². The highest BCUT2D eigenvalue weighted by molar-refractivity contribution is 6.04. The third kappa shape index (κ3) is 4.72. The minimum absolute atomic E-state index is 0.271. The fraction of sp³-hybridized carbons (Fsp3) is 0.200. The summed E-state index contributed by atoms with van der Waals surface area (Å²) in [7, 11) is 0.974. The minimum atomic E-state index is -1.51. The van der Waals surface area contributed by atoms with Crippen LogP contribution in [0.15, 0.2) is 36.4 Å². The highest BCUT2D eigenvalue weighted by atomic mass is 19.2. The van der Waals surface area contributed by atoms with Gasteiger partial charge in [0, 0.05) is 17.4 Å². The molecule has 4 aromatic rings. The van der Waals surface area contributed by atoms with E-state index < -0.39 is 34.7 Å². The maximum absolute atomic E-state index is 14.4. The number of hydrogen-bond donors (Lipinski definition) is 1. The van der Waals surface area contributed by atoms with Crippen molar-refractivity contribution in [2.24, 2.45) is 0 Å². The highest BCUT2D eigenvalue weighted by Gasteiger charge is 2.23. The Labute approximate surface area is 204 Å². The van der Waals surface area contributed by atoms with Crippen LogP contribution in [0.4, 0.5) is 18.9 Å². The van der Waals surface area contributed by atoms with Crippen molar-refractivity contribution in [2.45, 2.75) is 27.7 Å². The number of aryl methyl sites for hydroxylation is 2. The van der Waals surface area contributed by atoms with Crippen LogP contribution in [-0.2, 0) is 0 Å². The van der Waals surface area contributed by atoms with E-state index in [1.54, 1.807) is 29.8 Å². The van der Waals surface area contributed by atoms with Crippen molar-refractivity contribution < 1.29 is 27.4 Å². The Bertz CT molecular complexity index is 1470. The van der Waals surface area contributed by atoms with Gasteiger partial charge in [0.15, 0.2) is 23.2 Å².